The quantitative estimate of drug-likeness (QED) is 0.779. The van der Waals surface area contributed by atoms with Gasteiger partial charge in [-0.3, -0.25) is 0 Å². The van der Waals surface area contributed by atoms with E-state index in [1.807, 2.05) is 12.1 Å². The summed E-state index contributed by atoms with van der Waals surface area (Å²) in [6, 6.07) is 7.84. The summed E-state index contributed by atoms with van der Waals surface area (Å²) in [5.74, 6) is 1.69. The highest BCUT2D eigenvalue weighted by molar-refractivity contribution is 9.10. The monoisotopic (exact) mass is 346 g/mol. The lowest BCUT2D eigenvalue weighted by molar-refractivity contribution is 0.354. The van der Waals surface area contributed by atoms with E-state index in [9.17, 15) is 0 Å². The molecule has 0 atom stereocenters. The predicted molar refractivity (Wildman–Crippen MR) is 79.2 cm³/mol. The molecule has 7 nitrogen and oxygen atoms in total. The lowest BCUT2D eigenvalue weighted by Gasteiger charge is -2.10. The fourth-order valence-electron chi connectivity index (χ4n) is 2.41. The number of tetrazole rings is 1. The van der Waals surface area contributed by atoms with Gasteiger partial charge in [-0.25, -0.2) is 0 Å². The van der Waals surface area contributed by atoms with Crippen LogP contribution in [0, 0.1) is 0 Å². The number of benzene rings is 1. The minimum absolute atomic E-state index is 0.618. The maximum Gasteiger partial charge on any atom is 0.200 e. The molecule has 3 aromatic rings. The standard InChI is InChI=1S/C13H11BrN6O/c14-10-5-8-3-4-21-13(8)9(6-10)7-15-11-1-2-12-16-18-19-20(12)17-11/h1-2,5-6H,3-4,7H2,(H,15,17). The van der Waals surface area contributed by atoms with Crippen molar-refractivity contribution in [3.8, 4) is 5.75 Å². The van der Waals surface area contributed by atoms with E-state index in [0.29, 0.717) is 18.0 Å². The van der Waals surface area contributed by atoms with Crippen LogP contribution in [0.15, 0.2) is 28.7 Å². The highest BCUT2D eigenvalue weighted by Gasteiger charge is 2.17. The third kappa shape index (κ3) is 2.31. The van der Waals surface area contributed by atoms with Gasteiger partial charge in [-0.15, -0.1) is 14.8 Å². The Labute approximate surface area is 128 Å². The number of rotatable bonds is 3. The van der Waals surface area contributed by atoms with Crippen LogP contribution in [0.1, 0.15) is 11.1 Å². The summed E-state index contributed by atoms with van der Waals surface area (Å²) >= 11 is 3.54. The number of halogens is 1. The molecule has 0 fully saturated rings. The minimum Gasteiger partial charge on any atom is -0.493 e. The molecule has 0 saturated carbocycles. The number of hydrogen-bond donors (Lipinski definition) is 1. The highest BCUT2D eigenvalue weighted by atomic mass is 79.9. The van der Waals surface area contributed by atoms with Crippen molar-refractivity contribution in [2.75, 3.05) is 11.9 Å². The Balaban J connectivity index is 1.59. The molecular formula is C13H11BrN6O. The van der Waals surface area contributed by atoms with Crippen LogP contribution in [0.5, 0.6) is 5.75 Å². The molecule has 1 aliphatic rings. The van der Waals surface area contributed by atoms with Gasteiger partial charge >= 0.3 is 0 Å². The molecule has 1 aromatic carbocycles. The van der Waals surface area contributed by atoms with Gasteiger partial charge in [-0.05, 0) is 40.3 Å². The molecule has 0 saturated heterocycles. The molecule has 0 radical (unpaired) electrons. The van der Waals surface area contributed by atoms with Crippen LogP contribution in [-0.4, -0.2) is 31.9 Å². The zero-order valence-electron chi connectivity index (χ0n) is 11.0. The summed E-state index contributed by atoms with van der Waals surface area (Å²) in [7, 11) is 0. The molecule has 1 N–H and O–H groups in total. The van der Waals surface area contributed by atoms with E-state index >= 15 is 0 Å². The third-order valence-electron chi connectivity index (χ3n) is 3.35. The van der Waals surface area contributed by atoms with E-state index in [4.69, 9.17) is 4.74 Å². The van der Waals surface area contributed by atoms with E-state index in [1.165, 1.54) is 10.2 Å². The second kappa shape index (κ2) is 4.96. The van der Waals surface area contributed by atoms with Gasteiger partial charge in [-0.1, -0.05) is 15.9 Å². The van der Waals surface area contributed by atoms with Gasteiger partial charge in [0.15, 0.2) is 5.65 Å². The van der Waals surface area contributed by atoms with Gasteiger partial charge in [0, 0.05) is 23.0 Å². The number of fused-ring (bicyclic) bond motifs is 2. The van der Waals surface area contributed by atoms with Crippen molar-refractivity contribution in [2.24, 2.45) is 0 Å². The Morgan fingerprint density at radius 3 is 3.24 bits per heavy atom. The number of aromatic nitrogens is 5. The molecular weight excluding hydrogens is 336 g/mol. The Hall–Kier alpha value is -2.22. The zero-order valence-corrected chi connectivity index (χ0v) is 12.5. The minimum atomic E-state index is 0.618. The number of ether oxygens (including phenoxy) is 1. The fourth-order valence-corrected chi connectivity index (χ4v) is 2.96. The van der Waals surface area contributed by atoms with E-state index in [0.717, 1.165) is 28.8 Å². The lowest BCUT2D eigenvalue weighted by Crippen LogP contribution is -2.06. The highest BCUT2D eigenvalue weighted by Crippen LogP contribution is 2.33. The first-order valence-corrected chi connectivity index (χ1v) is 7.32. The van der Waals surface area contributed by atoms with Crippen LogP contribution in [0.3, 0.4) is 0 Å². The summed E-state index contributed by atoms with van der Waals surface area (Å²) < 4.78 is 8.17. The molecule has 8 heteroatoms. The Morgan fingerprint density at radius 1 is 1.33 bits per heavy atom. The first-order chi connectivity index (χ1) is 10.3. The normalized spacial score (nSPS) is 13.2. The number of nitrogens with zero attached hydrogens (tertiary/aromatic N) is 5. The van der Waals surface area contributed by atoms with Gasteiger partial charge in [0.25, 0.3) is 0 Å². The van der Waals surface area contributed by atoms with Crippen LogP contribution in [-0.2, 0) is 13.0 Å². The second-order valence-corrected chi connectivity index (χ2v) is 5.67. The SMILES string of the molecule is Brc1cc2c(c(CNc3ccc4nnnn4n3)c1)OCC2. The van der Waals surface area contributed by atoms with Gasteiger partial charge < -0.3 is 10.1 Å². The summed E-state index contributed by atoms with van der Waals surface area (Å²) in [4.78, 5) is 0. The Morgan fingerprint density at radius 2 is 2.29 bits per heavy atom. The molecule has 21 heavy (non-hydrogen) atoms. The van der Waals surface area contributed by atoms with Crippen LogP contribution in [0.2, 0.25) is 0 Å². The molecule has 0 bridgehead atoms. The predicted octanol–water partition coefficient (Wildman–Crippen LogP) is 1.83. The average Bonchev–Trinajstić information content (AvgIpc) is 3.12. The van der Waals surface area contributed by atoms with Gasteiger partial charge in [0.05, 0.1) is 6.61 Å². The topological polar surface area (TPSA) is 77.2 Å². The molecule has 3 heterocycles. The van der Waals surface area contributed by atoms with Crippen molar-refractivity contribution in [1.82, 2.24) is 25.3 Å². The molecule has 4 rings (SSSR count). The van der Waals surface area contributed by atoms with Gasteiger partial charge in [0.2, 0.25) is 0 Å². The van der Waals surface area contributed by atoms with Crippen molar-refractivity contribution in [1.29, 1.82) is 0 Å². The largest absolute Gasteiger partial charge is 0.493 e. The first-order valence-electron chi connectivity index (χ1n) is 6.53. The van der Waals surface area contributed by atoms with Crippen molar-refractivity contribution in [3.63, 3.8) is 0 Å². The number of hydrogen-bond acceptors (Lipinski definition) is 6. The van der Waals surface area contributed by atoms with Gasteiger partial charge in [-0.2, -0.15) is 0 Å². The summed E-state index contributed by atoms with van der Waals surface area (Å²) in [6.07, 6.45) is 0.955. The molecule has 106 valence electrons. The number of anilines is 1. The molecule has 2 aromatic heterocycles. The Bertz CT molecular complexity index is 818. The zero-order chi connectivity index (χ0) is 14.2. The van der Waals surface area contributed by atoms with Gasteiger partial charge in [0.1, 0.15) is 11.6 Å². The van der Waals surface area contributed by atoms with E-state index < -0.39 is 0 Å². The molecule has 1 aliphatic heterocycles. The molecule has 0 spiro atoms. The summed E-state index contributed by atoms with van der Waals surface area (Å²) in [5.41, 5.74) is 2.97. The lowest BCUT2D eigenvalue weighted by atomic mass is 10.1. The van der Waals surface area contributed by atoms with E-state index in [1.54, 1.807) is 0 Å². The smallest absolute Gasteiger partial charge is 0.200 e. The molecule has 0 unspecified atom stereocenters. The third-order valence-corrected chi connectivity index (χ3v) is 3.81. The van der Waals surface area contributed by atoms with Crippen LogP contribution < -0.4 is 10.1 Å². The molecule has 0 amide bonds. The van der Waals surface area contributed by atoms with Crippen LogP contribution in [0.25, 0.3) is 5.65 Å². The Kier molecular flexibility index (Phi) is 2.95. The van der Waals surface area contributed by atoms with Crippen LogP contribution in [0.4, 0.5) is 5.82 Å². The van der Waals surface area contributed by atoms with Crippen LogP contribution >= 0.6 is 15.9 Å². The van der Waals surface area contributed by atoms with Crippen molar-refractivity contribution >= 4 is 27.4 Å². The summed E-state index contributed by atoms with van der Waals surface area (Å²) in [6.45, 7) is 1.37. The maximum atomic E-state index is 5.71. The van der Waals surface area contributed by atoms with E-state index in [-0.39, 0.29) is 0 Å². The van der Waals surface area contributed by atoms with E-state index in [2.05, 4.69) is 54.0 Å². The average molecular weight is 347 g/mol. The molecule has 0 aliphatic carbocycles. The van der Waals surface area contributed by atoms with Crippen molar-refractivity contribution in [2.45, 2.75) is 13.0 Å². The fraction of sp³-hybridized carbons (Fsp3) is 0.231. The van der Waals surface area contributed by atoms with Crippen molar-refractivity contribution in [3.05, 3.63) is 39.9 Å². The second-order valence-electron chi connectivity index (χ2n) is 4.75. The number of nitrogens with one attached hydrogen (secondary N) is 1. The van der Waals surface area contributed by atoms with Crippen molar-refractivity contribution < 1.29 is 4.74 Å². The summed E-state index contributed by atoms with van der Waals surface area (Å²) in [5, 5.41) is 18.7. The maximum absolute atomic E-state index is 5.71. The first kappa shape index (κ1) is 12.5.